The van der Waals surface area contributed by atoms with E-state index < -0.39 is 41.4 Å². The van der Waals surface area contributed by atoms with Gasteiger partial charge in [-0.25, -0.2) is 9.79 Å². The highest BCUT2D eigenvalue weighted by atomic mass is 16.5. The number of para-hydroxylation sites is 1. The van der Waals surface area contributed by atoms with Crippen LogP contribution in [0, 0.1) is 0 Å². The smallest absolute Gasteiger partial charge is 0.328 e. The second-order valence-corrected chi connectivity index (χ2v) is 7.97. The van der Waals surface area contributed by atoms with Crippen LogP contribution in [0.15, 0.2) is 53.5 Å². The normalized spacial score (nSPS) is 24.7. The van der Waals surface area contributed by atoms with Crippen molar-refractivity contribution in [3.63, 3.8) is 0 Å². The summed E-state index contributed by atoms with van der Waals surface area (Å²) in [5.41, 5.74) is -0.506. The number of carbonyl (C=O) groups excluding carboxylic acids is 4. The van der Waals surface area contributed by atoms with Crippen LogP contribution in [0.5, 0.6) is 0 Å². The van der Waals surface area contributed by atoms with E-state index in [-0.39, 0.29) is 23.4 Å². The third-order valence-corrected chi connectivity index (χ3v) is 6.25. The van der Waals surface area contributed by atoms with Gasteiger partial charge in [0.25, 0.3) is 17.7 Å². The van der Waals surface area contributed by atoms with Gasteiger partial charge in [-0.3, -0.25) is 24.2 Å². The molecule has 3 heterocycles. The van der Waals surface area contributed by atoms with Crippen molar-refractivity contribution in [3.05, 3.63) is 65.2 Å². The van der Waals surface area contributed by atoms with Crippen molar-refractivity contribution in [1.82, 2.24) is 9.80 Å². The first-order valence-electron chi connectivity index (χ1n) is 10.1. The van der Waals surface area contributed by atoms with Gasteiger partial charge in [-0.05, 0) is 25.1 Å². The first-order chi connectivity index (χ1) is 15.3. The number of fused-ring (bicyclic) bond motifs is 4. The number of piperidine rings is 1. The Morgan fingerprint density at radius 2 is 1.69 bits per heavy atom. The second kappa shape index (κ2) is 6.83. The number of carbonyl (C=O) groups is 4. The molecule has 9 heteroatoms. The molecule has 32 heavy (non-hydrogen) atoms. The van der Waals surface area contributed by atoms with Crippen LogP contribution in [-0.2, 0) is 19.9 Å². The van der Waals surface area contributed by atoms with E-state index in [1.54, 1.807) is 36.4 Å². The predicted molar refractivity (Wildman–Crippen MR) is 111 cm³/mol. The lowest BCUT2D eigenvalue weighted by atomic mass is 9.82. The van der Waals surface area contributed by atoms with Crippen LogP contribution in [0.25, 0.3) is 0 Å². The van der Waals surface area contributed by atoms with Crippen LogP contribution in [0.2, 0.25) is 0 Å². The lowest BCUT2D eigenvalue weighted by Gasteiger charge is -2.44. The number of nitrogens with zero attached hydrogens (tertiary/aromatic N) is 3. The van der Waals surface area contributed by atoms with Crippen molar-refractivity contribution >= 4 is 35.2 Å². The van der Waals surface area contributed by atoms with Crippen LogP contribution >= 0.6 is 0 Å². The van der Waals surface area contributed by atoms with Crippen molar-refractivity contribution in [2.45, 2.75) is 31.0 Å². The van der Waals surface area contributed by atoms with Gasteiger partial charge in [-0.15, -0.1) is 0 Å². The summed E-state index contributed by atoms with van der Waals surface area (Å²) < 4.78 is 4.81. The number of methoxy groups -OCH3 is 1. The molecule has 0 unspecified atom stereocenters. The summed E-state index contributed by atoms with van der Waals surface area (Å²) in [5.74, 6) is -2.67. The quantitative estimate of drug-likeness (QED) is 0.577. The average molecular weight is 433 g/mol. The zero-order chi connectivity index (χ0) is 22.8. The molecule has 1 fully saturated rings. The van der Waals surface area contributed by atoms with E-state index in [1.807, 2.05) is 0 Å². The van der Waals surface area contributed by atoms with Crippen LogP contribution in [-0.4, -0.2) is 63.6 Å². The van der Waals surface area contributed by atoms with E-state index in [4.69, 9.17) is 4.74 Å². The Morgan fingerprint density at radius 1 is 1.09 bits per heavy atom. The van der Waals surface area contributed by atoms with Crippen molar-refractivity contribution in [2.75, 3.05) is 7.11 Å². The van der Waals surface area contributed by atoms with Crippen LogP contribution in [0.1, 0.15) is 39.6 Å². The van der Waals surface area contributed by atoms with E-state index in [2.05, 4.69) is 4.99 Å². The Morgan fingerprint density at radius 3 is 2.31 bits per heavy atom. The average Bonchev–Trinajstić information content (AvgIpc) is 3.23. The molecule has 2 aromatic carbocycles. The molecular weight excluding hydrogens is 414 g/mol. The second-order valence-electron chi connectivity index (χ2n) is 7.97. The number of imide groups is 1. The Bertz CT molecular complexity index is 1200. The molecule has 0 aliphatic carbocycles. The molecule has 0 radical (unpaired) electrons. The Kier molecular flexibility index (Phi) is 4.28. The van der Waals surface area contributed by atoms with Gasteiger partial charge in [-0.1, -0.05) is 30.3 Å². The zero-order valence-electron chi connectivity index (χ0n) is 17.3. The van der Waals surface area contributed by atoms with Gasteiger partial charge in [0, 0.05) is 12.0 Å². The number of ether oxygens (including phenoxy) is 1. The van der Waals surface area contributed by atoms with Crippen molar-refractivity contribution < 1.29 is 29.0 Å². The first-order valence-corrected chi connectivity index (χ1v) is 10.1. The molecule has 0 bridgehead atoms. The van der Waals surface area contributed by atoms with Crippen LogP contribution in [0.4, 0.5) is 5.69 Å². The highest BCUT2D eigenvalue weighted by Gasteiger charge is 2.59. The topological polar surface area (TPSA) is 117 Å². The standard InChI is InChI=1S/C23H19N3O6/c1-12(21(30)32-2)25-20(29)17(26-18(27)13-7-3-4-8-14(13)19(26)28)11-23(31)15-9-5-6-10-16(15)24-22(23)25/h3-10,12,17,31H,11H2,1-2H3/t12-,17-,23+/m1/s1. The first kappa shape index (κ1) is 20.1. The van der Waals surface area contributed by atoms with E-state index in [9.17, 15) is 24.3 Å². The molecule has 0 aromatic heterocycles. The molecule has 3 aliphatic rings. The van der Waals surface area contributed by atoms with E-state index >= 15 is 0 Å². The maximum Gasteiger partial charge on any atom is 0.328 e. The zero-order valence-corrected chi connectivity index (χ0v) is 17.3. The summed E-state index contributed by atoms with van der Waals surface area (Å²) in [7, 11) is 1.19. The number of hydrogen-bond acceptors (Lipinski definition) is 7. The van der Waals surface area contributed by atoms with Gasteiger partial charge in [0.05, 0.1) is 23.9 Å². The summed E-state index contributed by atoms with van der Waals surface area (Å²) in [6.45, 7) is 1.44. The Labute approximate surface area is 182 Å². The number of benzene rings is 2. The summed E-state index contributed by atoms with van der Waals surface area (Å²) in [6, 6.07) is 10.6. The van der Waals surface area contributed by atoms with Gasteiger partial charge >= 0.3 is 5.97 Å². The lowest BCUT2D eigenvalue weighted by Crippen LogP contribution is -2.66. The summed E-state index contributed by atoms with van der Waals surface area (Å²) in [6.07, 6.45) is -0.266. The molecule has 1 N–H and O–H groups in total. The van der Waals surface area contributed by atoms with Crippen molar-refractivity contribution in [2.24, 2.45) is 4.99 Å². The maximum absolute atomic E-state index is 13.6. The van der Waals surface area contributed by atoms with Gasteiger partial charge in [-0.2, -0.15) is 0 Å². The molecule has 0 spiro atoms. The fraction of sp³-hybridized carbons (Fsp3) is 0.261. The van der Waals surface area contributed by atoms with Crippen LogP contribution in [0.3, 0.4) is 0 Å². The molecule has 1 saturated heterocycles. The van der Waals surface area contributed by atoms with Gasteiger partial charge in [0.2, 0.25) is 0 Å². The van der Waals surface area contributed by atoms with Gasteiger partial charge in [0.1, 0.15) is 17.9 Å². The summed E-state index contributed by atoms with van der Waals surface area (Å²) in [4.78, 5) is 58.5. The molecule has 3 amide bonds. The van der Waals surface area contributed by atoms with Crippen LogP contribution < -0.4 is 0 Å². The maximum atomic E-state index is 13.6. The third-order valence-electron chi connectivity index (χ3n) is 6.25. The predicted octanol–water partition coefficient (Wildman–Crippen LogP) is 1.38. The highest BCUT2D eigenvalue weighted by Crippen LogP contribution is 2.47. The number of amidine groups is 1. The number of esters is 1. The van der Waals surface area contributed by atoms with Crippen molar-refractivity contribution in [1.29, 1.82) is 0 Å². The fourth-order valence-corrected chi connectivity index (χ4v) is 4.68. The van der Waals surface area contributed by atoms with E-state index in [0.717, 1.165) is 9.80 Å². The number of amides is 3. The summed E-state index contributed by atoms with van der Waals surface area (Å²) >= 11 is 0. The largest absolute Gasteiger partial charge is 0.467 e. The molecule has 3 atom stereocenters. The van der Waals surface area contributed by atoms with E-state index in [0.29, 0.717) is 11.3 Å². The van der Waals surface area contributed by atoms with Crippen molar-refractivity contribution in [3.8, 4) is 0 Å². The number of hydrogen-bond donors (Lipinski definition) is 1. The molecular formula is C23H19N3O6. The van der Waals surface area contributed by atoms with E-state index in [1.165, 1.54) is 26.2 Å². The minimum absolute atomic E-state index is 0.0190. The number of aliphatic hydroxyl groups is 1. The summed E-state index contributed by atoms with van der Waals surface area (Å²) in [5, 5.41) is 11.7. The molecule has 2 aromatic rings. The number of rotatable bonds is 3. The number of likely N-dealkylation sites (tertiary alicyclic amines) is 1. The molecule has 162 valence electrons. The molecule has 0 saturated carbocycles. The number of aliphatic imine (C=N–C) groups is 1. The fourth-order valence-electron chi connectivity index (χ4n) is 4.68. The monoisotopic (exact) mass is 433 g/mol. The molecule has 9 nitrogen and oxygen atoms in total. The minimum atomic E-state index is -1.77. The molecule has 5 rings (SSSR count). The van der Waals surface area contributed by atoms with Gasteiger partial charge < -0.3 is 9.84 Å². The SMILES string of the molecule is COC(=O)[C@@H](C)N1C(=O)[C@H](N2C(=O)c3ccccc3C2=O)C[C@@]2(O)C1=Nc1ccccc12. The minimum Gasteiger partial charge on any atom is -0.467 e. The Balaban J connectivity index is 1.65. The van der Waals surface area contributed by atoms with Gasteiger partial charge in [0.15, 0.2) is 5.60 Å². The third kappa shape index (κ3) is 2.51. The highest BCUT2D eigenvalue weighted by molar-refractivity contribution is 6.24. The Hall–Kier alpha value is -3.85. The lowest BCUT2D eigenvalue weighted by molar-refractivity contribution is -0.152. The molecule has 3 aliphatic heterocycles.